The quantitative estimate of drug-likeness (QED) is 0.350. The summed E-state index contributed by atoms with van der Waals surface area (Å²) in [6.45, 7) is 8.15. The van der Waals surface area contributed by atoms with Crippen molar-refractivity contribution in [3.8, 4) is 0 Å². The summed E-state index contributed by atoms with van der Waals surface area (Å²) < 4.78 is 12.7. The molecule has 0 fully saturated rings. The van der Waals surface area contributed by atoms with Crippen molar-refractivity contribution in [1.82, 2.24) is 9.78 Å². The molecule has 0 aliphatic carbocycles. The van der Waals surface area contributed by atoms with Crippen molar-refractivity contribution in [2.45, 2.75) is 40.8 Å². The lowest BCUT2D eigenvalue weighted by Gasteiger charge is -2.10. The zero-order valence-electron chi connectivity index (χ0n) is 18.1. The number of aromatic nitrogens is 2. The number of carbonyl (C=O) groups is 1. The summed E-state index contributed by atoms with van der Waals surface area (Å²) in [5, 5.41) is 5.29. The minimum atomic E-state index is -0.468. The molecule has 6 heteroatoms. The van der Waals surface area contributed by atoms with Gasteiger partial charge >= 0.3 is 11.6 Å². The predicted molar refractivity (Wildman–Crippen MR) is 118 cm³/mol. The van der Waals surface area contributed by atoms with Crippen molar-refractivity contribution >= 4 is 16.9 Å². The molecule has 2 aromatic heterocycles. The van der Waals surface area contributed by atoms with E-state index in [-0.39, 0.29) is 6.61 Å². The Morgan fingerprint density at radius 3 is 2.48 bits per heavy atom. The number of esters is 1. The predicted octanol–water partition coefficient (Wildman–Crippen LogP) is 4.63. The molecule has 2 aromatic carbocycles. The van der Waals surface area contributed by atoms with Crippen LogP contribution in [0.25, 0.3) is 11.0 Å². The summed E-state index contributed by atoms with van der Waals surface area (Å²) in [7, 11) is 0. The maximum Gasteiger partial charge on any atom is 0.342 e. The second kappa shape index (κ2) is 8.22. The number of fused-ring (bicyclic) bond motifs is 1. The van der Waals surface area contributed by atoms with Gasteiger partial charge in [0.2, 0.25) is 0 Å². The molecule has 0 saturated carbocycles. The molecular formula is C25H24N2O4. The van der Waals surface area contributed by atoms with Crippen LogP contribution >= 0.6 is 0 Å². The smallest absolute Gasteiger partial charge is 0.342 e. The monoisotopic (exact) mass is 416 g/mol. The van der Waals surface area contributed by atoms with Gasteiger partial charge in [-0.2, -0.15) is 5.10 Å². The third kappa shape index (κ3) is 4.14. The van der Waals surface area contributed by atoms with Gasteiger partial charge in [-0.1, -0.05) is 30.3 Å². The lowest BCUT2D eigenvalue weighted by atomic mass is 10.0. The fraction of sp³-hybridized carbons (Fsp3) is 0.240. The Labute approximate surface area is 180 Å². The molecule has 0 aliphatic heterocycles. The first-order valence-electron chi connectivity index (χ1n) is 10.1. The summed E-state index contributed by atoms with van der Waals surface area (Å²) in [6, 6.07) is 15.1. The van der Waals surface area contributed by atoms with Crippen LogP contribution in [-0.4, -0.2) is 15.7 Å². The van der Waals surface area contributed by atoms with Crippen LogP contribution in [0.2, 0.25) is 0 Å². The lowest BCUT2D eigenvalue weighted by Crippen LogP contribution is -2.10. The van der Waals surface area contributed by atoms with Gasteiger partial charge in [0.25, 0.3) is 0 Å². The molecule has 0 amide bonds. The average Bonchev–Trinajstić information content (AvgIpc) is 3.01. The minimum Gasteiger partial charge on any atom is -0.457 e. The Hall–Kier alpha value is -3.67. The van der Waals surface area contributed by atoms with Crippen molar-refractivity contribution in [2.75, 3.05) is 0 Å². The Morgan fingerprint density at radius 2 is 1.74 bits per heavy atom. The van der Waals surface area contributed by atoms with Gasteiger partial charge in [0.15, 0.2) is 0 Å². The number of aryl methyl sites for hydroxylation is 3. The first kappa shape index (κ1) is 20.6. The Morgan fingerprint density at radius 1 is 1.03 bits per heavy atom. The highest BCUT2D eigenvalue weighted by Crippen LogP contribution is 2.23. The zero-order valence-corrected chi connectivity index (χ0v) is 18.1. The van der Waals surface area contributed by atoms with Gasteiger partial charge in [0, 0.05) is 17.0 Å². The molecule has 0 saturated heterocycles. The van der Waals surface area contributed by atoms with Crippen LogP contribution in [0.15, 0.2) is 57.7 Å². The van der Waals surface area contributed by atoms with Crippen molar-refractivity contribution in [3.05, 3.63) is 98.2 Å². The van der Waals surface area contributed by atoms with Crippen LogP contribution in [0.4, 0.5) is 0 Å². The number of nitrogens with zero attached hydrogens (tertiary/aromatic N) is 2. The molecule has 4 aromatic rings. The molecule has 0 atom stereocenters. The molecular weight excluding hydrogens is 392 g/mol. The molecule has 0 spiro atoms. The van der Waals surface area contributed by atoms with Crippen LogP contribution in [0.1, 0.15) is 44.0 Å². The number of hydrogen-bond donors (Lipinski definition) is 0. The third-order valence-electron chi connectivity index (χ3n) is 5.56. The summed E-state index contributed by atoms with van der Waals surface area (Å²) in [5.41, 5.74) is 5.66. The molecule has 0 bridgehead atoms. The number of ether oxygens (including phenoxy) is 1. The SMILES string of the molecule is Cc1cc2oc(=O)cc(COC(=O)c3c(C)nn(Cc4ccccc4)c3C)c2cc1C. The number of hydrogen-bond acceptors (Lipinski definition) is 5. The van der Waals surface area contributed by atoms with Gasteiger partial charge < -0.3 is 9.15 Å². The highest BCUT2D eigenvalue weighted by Gasteiger charge is 2.21. The van der Waals surface area contributed by atoms with Crippen LogP contribution < -0.4 is 5.63 Å². The average molecular weight is 416 g/mol. The van der Waals surface area contributed by atoms with Crippen molar-refractivity contribution < 1.29 is 13.9 Å². The summed E-state index contributed by atoms with van der Waals surface area (Å²) in [4.78, 5) is 24.9. The molecule has 6 nitrogen and oxygen atoms in total. The van der Waals surface area contributed by atoms with Crippen LogP contribution in [0.5, 0.6) is 0 Å². The van der Waals surface area contributed by atoms with Crippen molar-refractivity contribution in [3.63, 3.8) is 0 Å². The molecule has 0 unspecified atom stereocenters. The maximum absolute atomic E-state index is 12.9. The van der Waals surface area contributed by atoms with Gasteiger partial charge in [-0.3, -0.25) is 4.68 Å². The fourth-order valence-corrected chi connectivity index (χ4v) is 3.72. The van der Waals surface area contributed by atoms with E-state index in [0.717, 1.165) is 27.8 Å². The first-order valence-corrected chi connectivity index (χ1v) is 10.1. The highest BCUT2D eigenvalue weighted by molar-refractivity contribution is 5.92. The van der Waals surface area contributed by atoms with Gasteiger partial charge in [-0.15, -0.1) is 0 Å². The lowest BCUT2D eigenvalue weighted by molar-refractivity contribution is 0.0472. The number of carbonyl (C=O) groups excluding carboxylic acids is 1. The Balaban J connectivity index is 1.59. The van der Waals surface area contributed by atoms with Gasteiger partial charge in [-0.25, -0.2) is 9.59 Å². The first-order chi connectivity index (χ1) is 14.8. The standard InChI is InChI=1S/C25H24N2O4/c1-15-10-21-20(12-23(28)31-22(21)11-16(15)2)14-30-25(29)24-17(3)26-27(18(24)4)13-19-8-6-5-7-9-19/h5-12H,13-14H2,1-4H3. The van der Waals surface area contributed by atoms with E-state index in [9.17, 15) is 9.59 Å². The summed E-state index contributed by atoms with van der Waals surface area (Å²) in [5.74, 6) is -0.459. The number of benzene rings is 2. The van der Waals surface area contributed by atoms with Gasteiger partial charge in [-0.05, 0) is 56.5 Å². The van der Waals surface area contributed by atoms with E-state index < -0.39 is 11.6 Å². The molecule has 2 heterocycles. The van der Waals surface area contributed by atoms with E-state index in [4.69, 9.17) is 9.15 Å². The van der Waals surface area contributed by atoms with E-state index in [0.29, 0.717) is 28.9 Å². The number of rotatable bonds is 5. The second-order valence-electron chi connectivity index (χ2n) is 7.79. The van der Waals surface area contributed by atoms with Crippen molar-refractivity contribution in [1.29, 1.82) is 0 Å². The molecule has 0 aliphatic rings. The second-order valence-corrected chi connectivity index (χ2v) is 7.79. The molecule has 4 rings (SSSR count). The van der Waals surface area contributed by atoms with Crippen molar-refractivity contribution in [2.24, 2.45) is 0 Å². The van der Waals surface area contributed by atoms with E-state index in [2.05, 4.69) is 5.10 Å². The van der Waals surface area contributed by atoms with Crippen LogP contribution in [0.3, 0.4) is 0 Å². The van der Waals surface area contributed by atoms with Crippen LogP contribution in [-0.2, 0) is 17.9 Å². The Kier molecular flexibility index (Phi) is 5.46. The highest BCUT2D eigenvalue weighted by atomic mass is 16.5. The molecule has 0 radical (unpaired) electrons. The van der Waals surface area contributed by atoms with E-state index in [1.165, 1.54) is 6.07 Å². The van der Waals surface area contributed by atoms with Gasteiger partial charge in [0.05, 0.1) is 17.9 Å². The third-order valence-corrected chi connectivity index (χ3v) is 5.56. The largest absolute Gasteiger partial charge is 0.457 e. The molecule has 0 N–H and O–H groups in total. The van der Waals surface area contributed by atoms with E-state index in [1.807, 2.05) is 63.2 Å². The Bertz CT molecular complexity index is 1330. The normalized spacial score (nSPS) is 11.1. The van der Waals surface area contributed by atoms with Gasteiger partial charge in [0.1, 0.15) is 17.8 Å². The van der Waals surface area contributed by atoms with Crippen LogP contribution in [0, 0.1) is 27.7 Å². The van der Waals surface area contributed by atoms with E-state index >= 15 is 0 Å². The minimum absolute atomic E-state index is 0.0216. The molecule has 31 heavy (non-hydrogen) atoms. The zero-order chi connectivity index (χ0) is 22.1. The topological polar surface area (TPSA) is 74.3 Å². The maximum atomic E-state index is 12.9. The van der Waals surface area contributed by atoms with E-state index in [1.54, 1.807) is 11.6 Å². The molecule has 158 valence electrons. The summed E-state index contributed by atoms with van der Waals surface area (Å²) >= 11 is 0. The fourth-order valence-electron chi connectivity index (χ4n) is 3.72. The summed E-state index contributed by atoms with van der Waals surface area (Å²) in [6.07, 6.45) is 0.